The van der Waals surface area contributed by atoms with Gasteiger partial charge < -0.3 is 20.6 Å². The van der Waals surface area contributed by atoms with Crippen molar-refractivity contribution < 1.29 is 9.59 Å². The lowest BCUT2D eigenvalue weighted by Gasteiger charge is -2.22. The average molecular weight is 480 g/mol. The molecule has 2 aromatic carbocycles. The molecule has 0 fully saturated rings. The van der Waals surface area contributed by atoms with E-state index in [1.807, 2.05) is 36.4 Å². The summed E-state index contributed by atoms with van der Waals surface area (Å²) < 4.78 is 2.17. The second-order valence-electron chi connectivity index (χ2n) is 8.95. The number of hydrogen-bond acceptors (Lipinski definition) is 4. The van der Waals surface area contributed by atoms with Crippen molar-refractivity contribution in [1.29, 1.82) is 5.41 Å². The zero-order chi connectivity index (χ0) is 24.2. The van der Waals surface area contributed by atoms with E-state index < -0.39 is 0 Å². The molecule has 0 saturated carbocycles. The van der Waals surface area contributed by atoms with Crippen molar-refractivity contribution in [2.45, 2.75) is 58.2 Å². The topological polar surface area (TPSA) is 99.9 Å². The number of halogens is 1. The molecule has 1 atom stereocenters. The lowest BCUT2D eigenvalue weighted by Crippen LogP contribution is -2.32. The summed E-state index contributed by atoms with van der Waals surface area (Å²) in [5.41, 5.74) is 4.09. The first-order valence-electron chi connectivity index (χ1n) is 11.7. The predicted molar refractivity (Wildman–Crippen MR) is 135 cm³/mol. The highest BCUT2D eigenvalue weighted by atomic mass is 35.5. The Morgan fingerprint density at radius 1 is 1.21 bits per heavy atom. The van der Waals surface area contributed by atoms with Crippen LogP contribution in [0.3, 0.4) is 0 Å². The average Bonchev–Trinajstić information content (AvgIpc) is 3.41. The molecule has 3 N–H and O–H groups in total. The summed E-state index contributed by atoms with van der Waals surface area (Å²) in [6.07, 6.45) is 2.91. The Bertz CT molecular complexity index is 1230. The number of nitrogens with zero attached hydrogens (tertiary/aromatic N) is 2. The number of rotatable bonds is 10. The van der Waals surface area contributed by atoms with Crippen LogP contribution in [-0.4, -0.2) is 33.0 Å². The molecule has 0 saturated heterocycles. The van der Waals surface area contributed by atoms with E-state index in [1.54, 1.807) is 6.07 Å². The number of para-hydroxylation sites is 2. The molecule has 1 aliphatic heterocycles. The van der Waals surface area contributed by atoms with Crippen LogP contribution in [0.25, 0.3) is 11.0 Å². The molecule has 178 valence electrons. The summed E-state index contributed by atoms with van der Waals surface area (Å²) >= 11 is 5.76. The van der Waals surface area contributed by atoms with Crippen LogP contribution < -0.4 is 10.6 Å². The van der Waals surface area contributed by atoms with E-state index in [0.29, 0.717) is 36.2 Å². The molecule has 1 aromatic heterocycles. The van der Waals surface area contributed by atoms with Gasteiger partial charge in [-0.25, -0.2) is 4.98 Å². The monoisotopic (exact) mass is 479 g/mol. The summed E-state index contributed by atoms with van der Waals surface area (Å²) in [5.74, 6) is 0.542. The molecule has 0 radical (unpaired) electrons. The number of imidazole rings is 1. The van der Waals surface area contributed by atoms with Gasteiger partial charge in [-0.1, -0.05) is 30.7 Å². The second-order valence-corrected chi connectivity index (χ2v) is 9.22. The van der Waals surface area contributed by atoms with E-state index in [2.05, 4.69) is 29.0 Å². The molecular weight excluding hydrogens is 450 g/mol. The summed E-state index contributed by atoms with van der Waals surface area (Å²) in [7, 11) is 0. The van der Waals surface area contributed by atoms with Crippen LogP contribution >= 0.6 is 11.6 Å². The first kappa shape index (κ1) is 24.0. The molecule has 0 unspecified atom stereocenters. The first-order valence-corrected chi connectivity index (χ1v) is 12.2. The lowest BCUT2D eigenvalue weighted by molar-refractivity contribution is 0.0911. The molecule has 8 heteroatoms. The zero-order valence-electron chi connectivity index (χ0n) is 19.5. The minimum Gasteiger partial charge on any atom is -0.348 e. The normalized spacial score (nSPS) is 13.7. The second kappa shape index (κ2) is 10.4. The van der Waals surface area contributed by atoms with Gasteiger partial charge in [-0.3, -0.25) is 9.59 Å². The van der Waals surface area contributed by atoms with Gasteiger partial charge >= 0.3 is 0 Å². The van der Waals surface area contributed by atoms with Crippen molar-refractivity contribution in [3.05, 3.63) is 65.0 Å². The number of benzene rings is 2. The van der Waals surface area contributed by atoms with Crippen molar-refractivity contribution in [3.63, 3.8) is 0 Å². The van der Waals surface area contributed by atoms with E-state index in [0.717, 1.165) is 35.3 Å². The number of amides is 2. The van der Waals surface area contributed by atoms with Gasteiger partial charge in [-0.2, -0.15) is 0 Å². The molecule has 2 heterocycles. The third kappa shape index (κ3) is 4.85. The molecule has 0 spiro atoms. The van der Waals surface area contributed by atoms with Crippen molar-refractivity contribution in [3.8, 4) is 0 Å². The highest BCUT2D eigenvalue weighted by Gasteiger charge is 2.28. The standard InChI is InChI=1S/C26H30ClN5O2/c1-16(2)32-22-13-6-5-11-20(22)30-24(32)21(12-4-3-9-18(28)14-27)31-25(33)19-10-7-8-17-15-29-26(34)23(17)19/h5-8,10-11,13,16,21,28H,3-4,9,12,14-15H2,1-2H3,(H,29,34)(H,31,33)/t21-/m0/s1. The minimum atomic E-state index is -0.340. The highest BCUT2D eigenvalue weighted by Crippen LogP contribution is 2.29. The Balaban J connectivity index is 1.66. The molecule has 1 aliphatic rings. The van der Waals surface area contributed by atoms with Gasteiger partial charge in [0.1, 0.15) is 5.82 Å². The van der Waals surface area contributed by atoms with Gasteiger partial charge in [-0.15, -0.1) is 11.6 Å². The van der Waals surface area contributed by atoms with Crippen LogP contribution in [0.15, 0.2) is 42.5 Å². The van der Waals surface area contributed by atoms with E-state index in [4.69, 9.17) is 22.0 Å². The first-order chi connectivity index (χ1) is 16.4. The number of carbonyl (C=O) groups is 2. The highest BCUT2D eigenvalue weighted by molar-refractivity contribution is 6.28. The molecule has 2 amide bonds. The van der Waals surface area contributed by atoms with Crippen LogP contribution in [0.5, 0.6) is 0 Å². The van der Waals surface area contributed by atoms with Gasteiger partial charge in [0.15, 0.2) is 0 Å². The Morgan fingerprint density at radius 3 is 2.76 bits per heavy atom. The maximum absolute atomic E-state index is 13.4. The maximum Gasteiger partial charge on any atom is 0.252 e. The SMILES string of the molecule is CC(C)n1c([C@H](CCCCC(=N)CCl)NC(=O)c2cccc3c2C(=O)NC3)nc2ccccc21. The lowest BCUT2D eigenvalue weighted by atomic mass is 10.0. The van der Waals surface area contributed by atoms with E-state index in [1.165, 1.54) is 0 Å². The predicted octanol–water partition coefficient (Wildman–Crippen LogP) is 5.15. The minimum absolute atomic E-state index is 0.151. The number of nitrogens with one attached hydrogen (secondary N) is 3. The molecule has 0 bridgehead atoms. The van der Waals surface area contributed by atoms with Crippen molar-refractivity contribution in [1.82, 2.24) is 20.2 Å². The van der Waals surface area contributed by atoms with Crippen LogP contribution in [0.4, 0.5) is 0 Å². The molecular formula is C26H30ClN5O2. The van der Waals surface area contributed by atoms with Crippen LogP contribution in [0, 0.1) is 5.41 Å². The number of unbranched alkanes of at least 4 members (excludes halogenated alkanes) is 1. The molecule has 34 heavy (non-hydrogen) atoms. The van der Waals surface area contributed by atoms with Crippen LogP contribution in [0.1, 0.15) is 83.7 Å². The fourth-order valence-corrected chi connectivity index (χ4v) is 4.71. The van der Waals surface area contributed by atoms with E-state index in [9.17, 15) is 9.59 Å². The van der Waals surface area contributed by atoms with Crippen molar-refractivity contribution >= 4 is 40.2 Å². The Kier molecular flexibility index (Phi) is 7.32. The fourth-order valence-electron chi connectivity index (χ4n) is 4.58. The zero-order valence-corrected chi connectivity index (χ0v) is 20.3. The molecule has 3 aromatic rings. The smallest absolute Gasteiger partial charge is 0.252 e. The number of aromatic nitrogens is 2. The van der Waals surface area contributed by atoms with Gasteiger partial charge in [0, 0.05) is 18.3 Å². The molecule has 0 aliphatic carbocycles. The number of hydrogen-bond donors (Lipinski definition) is 3. The van der Waals surface area contributed by atoms with Crippen molar-refractivity contribution in [2.24, 2.45) is 0 Å². The maximum atomic E-state index is 13.4. The summed E-state index contributed by atoms with van der Waals surface area (Å²) in [5, 5.41) is 13.8. The number of alkyl halides is 1. The molecule has 4 rings (SSSR count). The van der Waals surface area contributed by atoms with Gasteiger partial charge in [0.25, 0.3) is 11.8 Å². The number of carbonyl (C=O) groups excluding carboxylic acids is 2. The fraction of sp³-hybridized carbons (Fsp3) is 0.385. The summed E-state index contributed by atoms with van der Waals surface area (Å²) in [6.45, 7) is 4.65. The Hall–Kier alpha value is -3.19. The van der Waals surface area contributed by atoms with Crippen molar-refractivity contribution in [2.75, 3.05) is 5.88 Å². The third-order valence-electron chi connectivity index (χ3n) is 6.20. The van der Waals surface area contributed by atoms with Gasteiger partial charge in [0.2, 0.25) is 0 Å². The van der Waals surface area contributed by atoms with E-state index in [-0.39, 0.29) is 29.8 Å². The Morgan fingerprint density at radius 2 is 2.00 bits per heavy atom. The summed E-state index contributed by atoms with van der Waals surface area (Å²) in [6, 6.07) is 13.2. The third-order valence-corrected chi connectivity index (χ3v) is 6.52. The van der Waals surface area contributed by atoms with E-state index >= 15 is 0 Å². The number of fused-ring (bicyclic) bond motifs is 2. The largest absolute Gasteiger partial charge is 0.348 e. The quantitative estimate of drug-likeness (QED) is 0.213. The molecule has 7 nitrogen and oxygen atoms in total. The van der Waals surface area contributed by atoms with Crippen LogP contribution in [-0.2, 0) is 6.54 Å². The Labute approximate surface area is 204 Å². The summed E-state index contributed by atoms with van der Waals surface area (Å²) in [4.78, 5) is 30.7. The van der Waals surface area contributed by atoms with Gasteiger partial charge in [-0.05, 0) is 56.9 Å². The van der Waals surface area contributed by atoms with Gasteiger partial charge in [0.05, 0.1) is 34.1 Å². The van der Waals surface area contributed by atoms with Crippen LogP contribution in [0.2, 0.25) is 0 Å².